The van der Waals surface area contributed by atoms with Gasteiger partial charge < -0.3 is 11.1 Å². The van der Waals surface area contributed by atoms with E-state index in [0.29, 0.717) is 11.4 Å². The molecule has 0 saturated carbocycles. The van der Waals surface area contributed by atoms with Crippen molar-refractivity contribution in [1.29, 1.82) is 0 Å². The zero-order chi connectivity index (χ0) is 14.5. The molecule has 0 radical (unpaired) electrons. The molecule has 0 spiro atoms. The first-order chi connectivity index (χ1) is 9.61. The van der Waals surface area contributed by atoms with Crippen molar-refractivity contribution in [3.8, 4) is 0 Å². The van der Waals surface area contributed by atoms with Gasteiger partial charge in [-0.15, -0.1) is 0 Å². The van der Waals surface area contributed by atoms with Gasteiger partial charge in [0.15, 0.2) is 0 Å². The van der Waals surface area contributed by atoms with Gasteiger partial charge in [-0.2, -0.15) is 0 Å². The number of nitro groups is 1. The second-order valence-corrected chi connectivity index (χ2v) is 4.54. The molecule has 5 heteroatoms. The molecule has 0 fully saturated rings. The van der Waals surface area contributed by atoms with Crippen LogP contribution in [-0.2, 0) is 0 Å². The molecule has 104 valence electrons. The molecule has 0 heterocycles. The van der Waals surface area contributed by atoms with Crippen molar-refractivity contribution in [2.45, 2.75) is 19.4 Å². The third-order valence-corrected chi connectivity index (χ3v) is 3.19. The lowest BCUT2D eigenvalue weighted by molar-refractivity contribution is -0.384. The van der Waals surface area contributed by atoms with Crippen LogP contribution in [0.3, 0.4) is 0 Å². The molecule has 0 aliphatic rings. The summed E-state index contributed by atoms with van der Waals surface area (Å²) in [5.74, 6) is 0. The predicted octanol–water partition coefficient (Wildman–Crippen LogP) is 3.74. The number of nitrogen functional groups attached to an aromatic ring is 1. The third-order valence-electron chi connectivity index (χ3n) is 3.19. The molecule has 0 bridgehead atoms. The van der Waals surface area contributed by atoms with Gasteiger partial charge in [-0.05, 0) is 18.1 Å². The average Bonchev–Trinajstić information content (AvgIpc) is 2.46. The molecule has 0 aromatic heterocycles. The summed E-state index contributed by atoms with van der Waals surface area (Å²) in [5, 5.41) is 14.0. The van der Waals surface area contributed by atoms with Crippen molar-refractivity contribution in [3.63, 3.8) is 0 Å². The summed E-state index contributed by atoms with van der Waals surface area (Å²) in [6.07, 6.45) is 0.889. The Hall–Kier alpha value is -2.56. The van der Waals surface area contributed by atoms with E-state index in [9.17, 15) is 10.1 Å². The number of nitro benzene ring substituents is 1. The van der Waals surface area contributed by atoms with Crippen LogP contribution in [0.2, 0.25) is 0 Å². The Labute approximate surface area is 117 Å². The van der Waals surface area contributed by atoms with E-state index < -0.39 is 4.92 Å². The van der Waals surface area contributed by atoms with E-state index in [1.54, 1.807) is 6.07 Å². The van der Waals surface area contributed by atoms with Gasteiger partial charge in [-0.1, -0.05) is 37.3 Å². The molecule has 0 amide bonds. The predicted molar refractivity (Wildman–Crippen MR) is 80.6 cm³/mol. The lowest BCUT2D eigenvalue weighted by atomic mass is 10.0. The number of rotatable bonds is 5. The Kier molecular flexibility index (Phi) is 4.20. The second-order valence-electron chi connectivity index (χ2n) is 4.54. The Bertz CT molecular complexity index is 599. The minimum absolute atomic E-state index is 0.000750. The van der Waals surface area contributed by atoms with E-state index in [1.165, 1.54) is 12.1 Å². The highest BCUT2D eigenvalue weighted by Gasteiger charge is 2.13. The number of hydrogen-bond donors (Lipinski definition) is 2. The van der Waals surface area contributed by atoms with Crippen LogP contribution in [0.1, 0.15) is 24.9 Å². The van der Waals surface area contributed by atoms with E-state index in [1.807, 2.05) is 30.3 Å². The third kappa shape index (κ3) is 3.06. The van der Waals surface area contributed by atoms with Gasteiger partial charge in [0.2, 0.25) is 0 Å². The maximum Gasteiger partial charge on any atom is 0.271 e. The van der Waals surface area contributed by atoms with E-state index in [2.05, 4.69) is 12.2 Å². The first-order valence-electron chi connectivity index (χ1n) is 6.47. The second kappa shape index (κ2) is 6.06. The van der Waals surface area contributed by atoms with Crippen LogP contribution >= 0.6 is 0 Å². The normalized spacial score (nSPS) is 11.8. The highest BCUT2D eigenvalue weighted by molar-refractivity contribution is 5.69. The van der Waals surface area contributed by atoms with E-state index in [-0.39, 0.29) is 11.7 Å². The maximum atomic E-state index is 10.7. The molecular weight excluding hydrogens is 254 g/mol. The molecule has 5 nitrogen and oxygen atoms in total. The Balaban J connectivity index is 2.22. The molecule has 0 saturated heterocycles. The largest absolute Gasteiger partial charge is 0.397 e. The summed E-state index contributed by atoms with van der Waals surface area (Å²) in [6.45, 7) is 2.08. The Morgan fingerprint density at radius 3 is 2.50 bits per heavy atom. The highest BCUT2D eigenvalue weighted by Crippen LogP contribution is 2.29. The van der Waals surface area contributed by atoms with Crippen molar-refractivity contribution in [2.75, 3.05) is 11.1 Å². The lowest BCUT2D eigenvalue weighted by Crippen LogP contribution is -2.11. The highest BCUT2D eigenvalue weighted by atomic mass is 16.6. The molecule has 2 aromatic carbocycles. The van der Waals surface area contributed by atoms with Crippen LogP contribution < -0.4 is 11.1 Å². The number of hydrogen-bond acceptors (Lipinski definition) is 4. The Morgan fingerprint density at radius 2 is 1.95 bits per heavy atom. The van der Waals surface area contributed by atoms with Crippen molar-refractivity contribution in [3.05, 3.63) is 64.2 Å². The molecule has 1 unspecified atom stereocenters. The number of anilines is 2. The number of nitrogens with zero attached hydrogens (tertiary/aromatic N) is 1. The molecule has 20 heavy (non-hydrogen) atoms. The van der Waals surface area contributed by atoms with Gasteiger partial charge in [-0.3, -0.25) is 10.1 Å². The molecule has 0 aliphatic heterocycles. The molecule has 3 N–H and O–H groups in total. The summed E-state index contributed by atoms with van der Waals surface area (Å²) in [6, 6.07) is 14.6. The number of benzene rings is 2. The fourth-order valence-electron chi connectivity index (χ4n) is 2.09. The zero-order valence-electron chi connectivity index (χ0n) is 11.2. The number of non-ortho nitro benzene ring substituents is 1. The van der Waals surface area contributed by atoms with Crippen molar-refractivity contribution >= 4 is 17.1 Å². The van der Waals surface area contributed by atoms with Gasteiger partial charge in [0, 0.05) is 12.1 Å². The monoisotopic (exact) mass is 271 g/mol. The van der Waals surface area contributed by atoms with Crippen LogP contribution in [0.5, 0.6) is 0 Å². The molecule has 0 aliphatic carbocycles. The Morgan fingerprint density at radius 1 is 1.25 bits per heavy atom. The van der Waals surface area contributed by atoms with E-state index in [0.717, 1.165) is 12.0 Å². The molecule has 1 atom stereocenters. The standard InChI is InChI=1S/C15H17N3O2/c1-2-14(11-6-4-3-5-7-11)17-15-9-8-12(18(19)20)10-13(15)16/h3-10,14,17H,2,16H2,1H3. The van der Waals surface area contributed by atoms with Crippen molar-refractivity contribution in [2.24, 2.45) is 0 Å². The average molecular weight is 271 g/mol. The topological polar surface area (TPSA) is 81.2 Å². The van der Waals surface area contributed by atoms with Gasteiger partial charge in [0.25, 0.3) is 5.69 Å². The molecular formula is C15H17N3O2. The van der Waals surface area contributed by atoms with Crippen LogP contribution in [0.25, 0.3) is 0 Å². The fourth-order valence-corrected chi connectivity index (χ4v) is 2.09. The van der Waals surface area contributed by atoms with Crippen LogP contribution in [0, 0.1) is 10.1 Å². The minimum Gasteiger partial charge on any atom is -0.397 e. The summed E-state index contributed by atoms with van der Waals surface area (Å²) in [4.78, 5) is 10.2. The smallest absolute Gasteiger partial charge is 0.271 e. The van der Waals surface area contributed by atoms with Gasteiger partial charge in [0.05, 0.1) is 22.3 Å². The first kappa shape index (κ1) is 13.9. The SMILES string of the molecule is CCC(Nc1ccc([N+](=O)[O-])cc1N)c1ccccc1. The quantitative estimate of drug-likeness (QED) is 0.493. The summed E-state index contributed by atoms with van der Waals surface area (Å²) in [7, 11) is 0. The van der Waals surface area contributed by atoms with Gasteiger partial charge >= 0.3 is 0 Å². The molecule has 2 aromatic rings. The minimum atomic E-state index is -0.450. The van der Waals surface area contributed by atoms with Gasteiger partial charge in [0.1, 0.15) is 0 Å². The first-order valence-corrected chi connectivity index (χ1v) is 6.47. The van der Waals surface area contributed by atoms with Crippen LogP contribution in [0.15, 0.2) is 48.5 Å². The number of nitrogens with two attached hydrogens (primary N) is 1. The van der Waals surface area contributed by atoms with Gasteiger partial charge in [-0.25, -0.2) is 0 Å². The summed E-state index contributed by atoms with van der Waals surface area (Å²) < 4.78 is 0. The molecule has 2 rings (SSSR count). The van der Waals surface area contributed by atoms with Crippen LogP contribution in [-0.4, -0.2) is 4.92 Å². The van der Waals surface area contributed by atoms with Crippen LogP contribution in [0.4, 0.5) is 17.1 Å². The van der Waals surface area contributed by atoms with E-state index in [4.69, 9.17) is 5.73 Å². The fraction of sp³-hybridized carbons (Fsp3) is 0.200. The van der Waals surface area contributed by atoms with E-state index >= 15 is 0 Å². The lowest BCUT2D eigenvalue weighted by Gasteiger charge is -2.19. The number of nitrogens with one attached hydrogen (secondary N) is 1. The summed E-state index contributed by atoms with van der Waals surface area (Å²) >= 11 is 0. The maximum absolute atomic E-state index is 10.7. The van der Waals surface area contributed by atoms with Crippen molar-refractivity contribution in [1.82, 2.24) is 0 Å². The van der Waals surface area contributed by atoms with Crippen molar-refractivity contribution < 1.29 is 4.92 Å². The summed E-state index contributed by atoms with van der Waals surface area (Å²) in [5.41, 5.74) is 8.13. The zero-order valence-corrected chi connectivity index (χ0v) is 11.2.